The van der Waals surface area contributed by atoms with Crippen molar-refractivity contribution >= 4 is 43.9 Å². The van der Waals surface area contributed by atoms with E-state index in [1.165, 1.54) is 0 Å². The van der Waals surface area contributed by atoms with Gasteiger partial charge in [0.25, 0.3) is 0 Å². The Hall–Kier alpha value is -1.46. The summed E-state index contributed by atoms with van der Waals surface area (Å²) in [6.45, 7) is 8.62. The van der Waals surface area contributed by atoms with E-state index in [-0.39, 0.29) is 17.8 Å². The monoisotopic (exact) mass is 377 g/mol. The highest BCUT2D eigenvalue weighted by molar-refractivity contribution is 7.24. The van der Waals surface area contributed by atoms with Crippen molar-refractivity contribution in [3.63, 3.8) is 0 Å². The third-order valence-electron chi connectivity index (χ3n) is 4.36. The minimum atomic E-state index is 0. The number of likely N-dealkylation sites (N-methyl/N-ethyl adjacent to an activating group) is 1. The number of fused-ring (bicyclic) bond motifs is 2. The van der Waals surface area contributed by atoms with Crippen molar-refractivity contribution in [2.75, 3.05) is 26.2 Å². The van der Waals surface area contributed by atoms with Crippen molar-refractivity contribution in [1.82, 2.24) is 4.90 Å². The van der Waals surface area contributed by atoms with E-state index in [4.69, 9.17) is 4.74 Å². The van der Waals surface area contributed by atoms with Gasteiger partial charge in [0.05, 0.1) is 13.2 Å². The molecule has 25 heavy (non-hydrogen) atoms. The van der Waals surface area contributed by atoms with Crippen molar-refractivity contribution in [2.24, 2.45) is 0 Å². The second-order valence-electron chi connectivity index (χ2n) is 5.84. The van der Waals surface area contributed by atoms with Gasteiger partial charge in [0.2, 0.25) is 0 Å². The molecule has 0 radical (unpaired) electrons. The third kappa shape index (κ3) is 4.59. The highest BCUT2D eigenvalue weighted by Crippen LogP contribution is 2.25. The molecule has 3 nitrogen and oxygen atoms in total. The summed E-state index contributed by atoms with van der Waals surface area (Å²) in [5, 5.41) is 1.60. The smallest absolute Gasteiger partial charge is 0.195 e. The standard InChI is InChI=1S/C20H23NO2S.ClH/c1-3-21(4-2)11-12-23-14-15-9-10-19-17(13-15)20(22)16-7-5-6-8-18(16)24-19;/h5-10,13H,3-4,11-12,14H2,1-2H3;1H. The fraction of sp³-hybridized carbons (Fsp3) is 0.350. The number of nitrogens with zero attached hydrogens (tertiary/aromatic N) is 1. The molecule has 0 saturated heterocycles. The number of benzene rings is 2. The van der Waals surface area contributed by atoms with E-state index in [1.54, 1.807) is 11.3 Å². The summed E-state index contributed by atoms with van der Waals surface area (Å²) in [6, 6.07) is 13.9. The molecular formula is C20H24ClNO2S. The maximum atomic E-state index is 12.7. The van der Waals surface area contributed by atoms with Gasteiger partial charge in [0.1, 0.15) is 0 Å². The fourth-order valence-electron chi connectivity index (χ4n) is 2.86. The van der Waals surface area contributed by atoms with Gasteiger partial charge in [-0.25, -0.2) is 0 Å². The Balaban J connectivity index is 0.00000225. The van der Waals surface area contributed by atoms with Crippen LogP contribution in [0.5, 0.6) is 0 Å². The molecule has 0 atom stereocenters. The normalized spacial score (nSPS) is 11.2. The predicted molar refractivity (Wildman–Crippen MR) is 110 cm³/mol. The summed E-state index contributed by atoms with van der Waals surface area (Å²) in [5.74, 6) is 0. The lowest BCUT2D eigenvalue weighted by Gasteiger charge is -2.17. The first-order chi connectivity index (χ1) is 11.7. The largest absolute Gasteiger partial charge is 0.375 e. The number of rotatable bonds is 7. The SMILES string of the molecule is CCN(CC)CCOCc1ccc2sc3ccccc3c(=O)c2c1.Cl. The number of halogens is 1. The molecule has 0 amide bonds. The lowest BCUT2D eigenvalue weighted by Crippen LogP contribution is -2.26. The van der Waals surface area contributed by atoms with Gasteiger partial charge in [-0.3, -0.25) is 4.79 Å². The first-order valence-corrected chi connectivity index (χ1v) is 9.29. The van der Waals surface area contributed by atoms with Crippen molar-refractivity contribution < 1.29 is 4.74 Å². The molecule has 0 fully saturated rings. The van der Waals surface area contributed by atoms with Crippen LogP contribution in [-0.4, -0.2) is 31.1 Å². The zero-order valence-corrected chi connectivity index (χ0v) is 16.3. The molecule has 0 bridgehead atoms. The number of hydrogen-bond donors (Lipinski definition) is 0. The molecule has 1 heterocycles. The quantitative estimate of drug-likeness (QED) is 0.441. The highest BCUT2D eigenvalue weighted by atomic mass is 35.5. The van der Waals surface area contributed by atoms with Crippen LogP contribution in [0.3, 0.4) is 0 Å². The van der Waals surface area contributed by atoms with Gasteiger partial charge in [-0.05, 0) is 42.9 Å². The van der Waals surface area contributed by atoms with Crippen LogP contribution in [-0.2, 0) is 11.3 Å². The van der Waals surface area contributed by atoms with Crippen molar-refractivity contribution in [3.8, 4) is 0 Å². The molecule has 1 aromatic heterocycles. The van der Waals surface area contributed by atoms with Crippen LogP contribution in [0.1, 0.15) is 19.4 Å². The van der Waals surface area contributed by atoms with Gasteiger partial charge in [-0.2, -0.15) is 0 Å². The Labute approximate surface area is 158 Å². The lowest BCUT2D eigenvalue weighted by molar-refractivity contribution is 0.0957. The van der Waals surface area contributed by atoms with Gasteiger partial charge < -0.3 is 9.64 Å². The zero-order valence-electron chi connectivity index (χ0n) is 14.7. The van der Waals surface area contributed by atoms with Gasteiger partial charge >= 0.3 is 0 Å². The van der Waals surface area contributed by atoms with Crippen molar-refractivity contribution in [2.45, 2.75) is 20.5 Å². The van der Waals surface area contributed by atoms with E-state index in [2.05, 4.69) is 24.8 Å². The van der Waals surface area contributed by atoms with Crippen LogP contribution < -0.4 is 5.43 Å². The molecule has 0 unspecified atom stereocenters. The Morgan fingerprint density at radius 2 is 1.72 bits per heavy atom. The Bertz CT molecular complexity index is 890. The Kier molecular flexibility index (Phi) is 7.38. The molecule has 0 aliphatic heterocycles. The molecule has 0 aliphatic carbocycles. The highest BCUT2D eigenvalue weighted by Gasteiger charge is 2.07. The average molecular weight is 378 g/mol. The maximum Gasteiger partial charge on any atom is 0.195 e. The van der Waals surface area contributed by atoms with Crippen LogP contribution >= 0.6 is 23.7 Å². The van der Waals surface area contributed by atoms with E-state index in [0.717, 1.165) is 45.4 Å². The molecule has 2 aromatic carbocycles. The summed E-state index contributed by atoms with van der Waals surface area (Å²) >= 11 is 1.66. The van der Waals surface area contributed by atoms with E-state index in [9.17, 15) is 4.79 Å². The van der Waals surface area contributed by atoms with E-state index < -0.39 is 0 Å². The van der Waals surface area contributed by atoms with Gasteiger partial charge in [-0.1, -0.05) is 32.0 Å². The third-order valence-corrected chi connectivity index (χ3v) is 5.51. The predicted octanol–water partition coefficient (Wildman–Crippen LogP) is 4.69. The zero-order chi connectivity index (χ0) is 16.9. The molecule has 134 valence electrons. The van der Waals surface area contributed by atoms with Gasteiger partial charge in [-0.15, -0.1) is 23.7 Å². The van der Waals surface area contributed by atoms with E-state index in [0.29, 0.717) is 13.2 Å². The molecule has 3 aromatic rings. The van der Waals surface area contributed by atoms with Crippen molar-refractivity contribution in [3.05, 3.63) is 58.3 Å². The minimum absolute atomic E-state index is 0. The van der Waals surface area contributed by atoms with Crippen LogP contribution in [0.2, 0.25) is 0 Å². The van der Waals surface area contributed by atoms with E-state index in [1.807, 2.05) is 36.4 Å². The minimum Gasteiger partial charge on any atom is -0.375 e. The molecule has 0 aliphatic rings. The van der Waals surface area contributed by atoms with Crippen LogP contribution in [0.4, 0.5) is 0 Å². The summed E-state index contributed by atoms with van der Waals surface area (Å²) in [7, 11) is 0. The Morgan fingerprint density at radius 3 is 2.48 bits per heavy atom. The van der Waals surface area contributed by atoms with Crippen molar-refractivity contribution in [1.29, 1.82) is 0 Å². The molecule has 3 rings (SSSR count). The summed E-state index contributed by atoms with van der Waals surface area (Å²) < 4.78 is 7.86. The second-order valence-corrected chi connectivity index (χ2v) is 6.92. The Morgan fingerprint density at radius 1 is 1.00 bits per heavy atom. The lowest BCUT2D eigenvalue weighted by atomic mass is 10.1. The summed E-state index contributed by atoms with van der Waals surface area (Å²) in [4.78, 5) is 15.0. The van der Waals surface area contributed by atoms with Gasteiger partial charge in [0, 0.05) is 26.7 Å². The summed E-state index contributed by atoms with van der Waals surface area (Å²) in [6.07, 6.45) is 0. The number of ether oxygens (including phenoxy) is 1. The maximum absolute atomic E-state index is 12.7. The van der Waals surface area contributed by atoms with Gasteiger partial charge in [0.15, 0.2) is 5.43 Å². The number of hydrogen-bond acceptors (Lipinski definition) is 4. The molecule has 5 heteroatoms. The molecule has 0 saturated carbocycles. The molecular weight excluding hydrogens is 354 g/mol. The second kappa shape index (κ2) is 9.30. The van der Waals surface area contributed by atoms with Crippen LogP contribution in [0.15, 0.2) is 47.3 Å². The van der Waals surface area contributed by atoms with Crippen LogP contribution in [0.25, 0.3) is 20.2 Å². The molecule has 0 N–H and O–H groups in total. The first-order valence-electron chi connectivity index (χ1n) is 8.47. The average Bonchev–Trinajstić information content (AvgIpc) is 2.62. The summed E-state index contributed by atoms with van der Waals surface area (Å²) in [5.41, 5.74) is 1.17. The topological polar surface area (TPSA) is 29.5 Å². The van der Waals surface area contributed by atoms with E-state index >= 15 is 0 Å². The first kappa shape index (κ1) is 19.9. The molecule has 0 spiro atoms. The van der Waals surface area contributed by atoms with Crippen LogP contribution in [0, 0.1) is 0 Å². The fourth-order valence-corrected chi connectivity index (χ4v) is 3.92.